The summed E-state index contributed by atoms with van der Waals surface area (Å²) in [5.41, 5.74) is 0.320. The molecule has 0 aliphatic heterocycles. The van der Waals surface area contributed by atoms with Crippen molar-refractivity contribution in [3.63, 3.8) is 0 Å². The molecule has 4 aliphatic rings. The van der Waals surface area contributed by atoms with Crippen LogP contribution in [0.25, 0.3) is 0 Å². The summed E-state index contributed by atoms with van der Waals surface area (Å²) < 4.78 is 0. The Bertz CT molecular complexity index is 557. The maximum atomic E-state index is 11.5. The molecule has 0 bridgehead atoms. The second kappa shape index (κ2) is 7.56. The highest BCUT2D eigenvalue weighted by Gasteiger charge is 2.62. The van der Waals surface area contributed by atoms with E-state index in [9.17, 15) is 10.2 Å². The molecule has 0 spiro atoms. The first-order chi connectivity index (χ1) is 13.2. The Kier molecular flexibility index (Phi) is 5.71. The molecule has 0 radical (unpaired) electrons. The standard InChI is InChI=1S/C26H46O2/c1-5-6-7-14-26(4,28)23-11-10-21-20-9-8-18-17-19(27)12-15-24(18,2)22(20)13-16-25(21,23)3/h18-23,27-28H,5-17H2,1-4H3/t18-,19-,20-,21-,22-,23-,24-,25-,26-/m0/s1. The van der Waals surface area contributed by atoms with Crippen LogP contribution in [-0.2, 0) is 0 Å². The van der Waals surface area contributed by atoms with Crippen molar-refractivity contribution in [1.82, 2.24) is 0 Å². The summed E-state index contributed by atoms with van der Waals surface area (Å²) in [4.78, 5) is 0. The van der Waals surface area contributed by atoms with Gasteiger partial charge in [0.25, 0.3) is 0 Å². The van der Waals surface area contributed by atoms with Gasteiger partial charge in [0.15, 0.2) is 0 Å². The van der Waals surface area contributed by atoms with Gasteiger partial charge < -0.3 is 10.2 Å². The summed E-state index contributed by atoms with van der Waals surface area (Å²) in [7, 11) is 0. The molecule has 2 heteroatoms. The molecular weight excluding hydrogens is 344 g/mol. The lowest BCUT2D eigenvalue weighted by Crippen LogP contribution is -2.55. The van der Waals surface area contributed by atoms with Crippen LogP contribution in [0.1, 0.15) is 111 Å². The van der Waals surface area contributed by atoms with Gasteiger partial charge in [-0.1, -0.05) is 40.0 Å². The Labute approximate surface area is 173 Å². The fourth-order valence-corrected chi connectivity index (χ4v) is 9.16. The van der Waals surface area contributed by atoms with Gasteiger partial charge in [-0.15, -0.1) is 0 Å². The van der Waals surface area contributed by atoms with Gasteiger partial charge in [-0.25, -0.2) is 0 Å². The Balaban J connectivity index is 1.52. The van der Waals surface area contributed by atoms with E-state index in [0.29, 0.717) is 16.7 Å². The van der Waals surface area contributed by atoms with Crippen LogP contribution in [0.4, 0.5) is 0 Å². The summed E-state index contributed by atoms with van der Waals surface area (Å²) >= 11 is 0. The number of aliphatic hydroxyl groups excluding tert-OH is 1. The minimum absolute atomic E-state index is 0.0439. The van der Waals surface area contributed by atoms with Crippen LogP contribution >= 0.6 is 0 Å². The van der Waals surface area contributed by atoms with Gasteiger partial charge in [0.2, 0.25) is 0 Å². The highest BCUT2D eigenvalue weighted by molar-refractivity contribution is 5.11. The van der Waals surface area contributed by atoms with Gasteiger partial charge >= 0.3 is 0 Å². The molecule has 4 rings (SSSR count). The third-order valence-electron chi connectivity index (χ3n) is 10.7. The van der Waals surface area contributed by atoms with E-state index in [-0.39, 0.29) is 6.10 Å². The number of hydrogen-bond acceptors (Lipinski definition) is 2. The van der Waals surface area contributed by atoms with E-state index in [1.165, 1.54) is 64.2 Å². The average Bonchev–Trinajstić information content (AvgIpc) is 3.00. The predicted octanol–water partition coefficient (Wildman–Crippen LogP) is 6.34. The fraction of sp³-hybridized carbons (Fsp3) is 1.00. The normalized spacial score (nSPS) is 50.4. The molecule has 0 heterocycles. The Morgan fingerprint density at radius 2 is 1.61 bits per heavy atom. The quantitative estimate of drug-likeness (QED) is 0.538. The Hall–Kier alpha value is -0.0800. The van der Waals surface area contributed by atoms with Crippen LogP contribution in [-0.4, -0.2) is 21.9 Å². The zero-order chi connectivity index (χ0) is 20.2. The predicted molar refractivity (Wildman–Crippen MR) is 116 cm³/mol. The maximum absolute atomic E-state index is 11.5. The van der Waals surface area contributed by atoms with Gasteiger partial charge in [-0.3, -0.25) is 0 Å². The van der Waals surface area contributed by atoms with E-state index in [1.807, 2.05) is 0 Å². The number of aliphatic hydroxyl groups is 2. The zero-order valence-electron chi connectivity index (χ0n) is 19.1. The van der Waals surface area contributed by atoms with E-state index < -0.39 is 5.60 Å². The fourth-order valence-electron chi connectivity index (χ4n) is 9.16. The monoisotopic (exact) mass is 390 g/mol. The van der Waals surface area contributed by atoms with Gasteiger partial charge in [-0.05, 0) is 112 Å². The van der Waals surface area contributed by atoms with Crippen molar-refractivity contribution in [2.75, 3.05) is 0 Å². The summed E-state index contributed by atoms with van der Waals surface area (Å²) in [5.74, 6) is 3.78. The Morgan fingerprint density at radius 1 is 0.893 bits per heavy atom. The van der Waals surface area contributed by atoms with E-state index in [1.54, 1.807) is 0 Å². The largest absolute Gasteiger partial charge is 0.393 e. The molecule has 0 unspecified atom stereocenters. The minimum atomic E-state index is -0.485. The average molecular weight is 391 g/mol. The van der Waals surface area contributed by atoms with Crippen LogP contribution in [0.2, 0.25) is 0 Å². The summed E-state index contributed by atoms with van der Waals surface area (Å²) in [6, 6.07) is 0. The molecular formula is C26H46O2. The molecule has 2 nitrogen and oxygen atoms in total. The minimum Gasteiger partial charge on any atom is -0.393 e. The molecule has 2 N–H and O–H groups in total. The highest BCUT2D eigenvalue weighted by Crippen LogP contribution is 2.68. The maximum Gasteiger partial charge on any atom is 0.0653 e. The first-order valence-corrected chi connectivity index (χ1v) is 12.6. The van der Waals surface area contributed by atoms with Gasteiger partial charge in [0, 0.05) is 0 Å². The second-order valence-corrected chi connectivity index (χ2v) is 12.1. The molecule has 162 valence electrons. The van der Waals surface area contributed by atoms with Crippen molar-refractivity contribution < 1.29 is 10.2 Å². The van der Waals surface area contributed by atoms with E-state index in [0.717, 1.165) is 42.9 Å². The summed E-state index contributed by atoms with van der Waals surface area (Å²) in [5, 5.41) is 21.7. The van der Waals surface area contributed by atoms with Crippen molar-refractivity contribution >= 4 is 0 Å². The van der Waals surface area contributed by atoms with Crippen molar-refractivity contribution in [2.45, 2.75) is 123 Å². The number of fused-ring (bicyclic) bond motifs is 5. The van der Waals surface area contributed by atoms with E-state index in [4.69, 9.17) is 0 Å². The molecule has 0 aromatic rings. The Morgan fingerprint density at radius 3 is 2.36 bits per heavy atom. The molecule has 28 heavy (non-hydrogen) atoms. The molecule has 4 saturated carbocycles. The molecule has 0 saturated heterocycles. The molecule has 0 aromatic heterocycles. The zero-order valence-corrected chi connectivity index (χ0v) is 19.1. The third kappa shape index (κ3) is 3.29. The van der Waals surface area contributed by atoms with Gasteiger partial charge in [-0.2, -0.15) is 0 Å². The lowest BCUT2D eigenvalue weighted by atomic mass is 9.44. The second-order valence-electron chi connectivity index (χ2n) is 12.1. The van der Waals surface area contributed by atoms with E-state index >= 15 is 0 Å². The first kappa shape index (κ1) is 21.2. The van der Waals surface area contributed by atoms with Crippen LogP contribution in [0, 0.1) is 40.4 Å². The van der Waals surface area contributed by atoms with Crippen molar-refractivity contribution in [1.29, 1.82) is 0 Å². The number of hydrogen-bond donors (Lipinski definition) is 2. The first-order valence-electron chi connectivity index (χ1n) is 12.6. The lowest BCUT2D eigenvalue weighted by molar-refractivity contribution is -0.144. The van der Waals surface area contributed by atoms with Crippen LogP contribution in [0.3, 0.4) is 0 Å². The number of rotatable bonds is 5. The highest BCUT2D eigenvalue weighted by atomic mass is 16.3. The third-order valence-corrected chi connectivity index (χ3v) is 10.7. The molecule has 4 aliphatic carbocycles. The molecule has 9 atom stereocenters. The topological polar surface area (TPSA) is 40.5 Å². The summed E-state index contributed by atoms with van der Waals surface area (Å²) in [6.45, 7) is 9.55. The van der Waals surface area contributed by atoms with Crippen molar-refractivity contribution in [2.24, 2.45) is 40.4 Å². The molecule has 0 aromatic carbocycles. The van der Waals surface area contributed by atoms with Crippen LogP contribution < -0.4 is 0 Å². The number of unbranched alkanes of at least 4 members (excludes halogenated alkanes) is 2. The van der Waals surface area contributed by atoms with Crippen LogP contribution in [0.5, 0.6) is 0 Å². The molecule has 0 amide bonds. The van der Waals surface area contributed by atoms with E-state index in [2.05, 4.69) is 27.7 Å². The van der Waals surface area contributed by atoms with Crippen molar-refractivity contribution in [3.8, 4) is 0 Å². The SMILES string of the molecule is CCCCC[C@](C)(O)[C@H]1CC[C@H]2[C@@H]3CC[C@H]4C[C@@H](O)CC[C@]4(C)[C@H]3CC[C@@]21C. The van der Waals surface area contributed by atoms with Gasteiger partial charge in [0.1, 0.15) is 0 Å². The smallest absolute Gasteiger partial charge is 0.0653 e. The van der Waals surface area contributed by atoms with Gasteiger partial charge in [0.05, 0.1) is 11.7 Å². The van der Waals surface area contributed by atoms with Crippen molar-refractivity contribution in [3.05, 3.63) is 0 Å². The van der Waals surface area contributed by atoms with Crippen LogP contribution in [0.15, 0.2) is 0 Å². The lowest BCUT2D eigenvalue weighted by Gasteiger charge is -2.61. The molecule has 4 fully saturated rings. The summed E-state index contributed by atoms with van der Waals surface area (Å²) in [6.07, 6.45) is 15.9.